The second-order valence-electron chi connectivity index (χ2n) is 3.06. The van der Waals surface area contributed by atoms with Crippen LogP contribution in [0, 0.1) is 0 Å². The molecule has 0 spiro atoms. The van der Waals surface area contributed by atoms with Gasteiger partial charge in [0.2, 0.25) is 0 Å². The number of phosphoric acid groups is 1. The molecule has 18 heavy (non-hydrogen) atoms. The summed E-state index contributed by atoms with van der Waals surface area (Å²) in [7, 11) is -4.49. The molecule has 90 valence electrons. The minimum Gasteiger partial charge on any atom is -1.00 e. The maximum absolute atomic E-state index is 10.7. The zero-order valence-corrected chi connectivity index (χ0v) is 15.1. The van der Waals surface area contributed by atoms with E-state index in [1.54, 1.807) is 18.2 Å². The monoisotopic (exact) mass is 290 g/mol. The van der Waals surface area contributed by atoms with Gasteiger partial charge in [-0.2, -0.15) is 0 Å². The molecule has 0 aromatic heterocycles. The average Bonchev–Trinajstić information content (AvgIpc) is 2.16. The standard InChI is InChI=1S/C10H9O4P.2Na.H2O.2H/c11-15(12,13)14-10-7-3-5-8-4-1-2-6-9(8)10;;;;;/h1-7H,(H2,11,12,13);;;1H2;;/q;2*+1;;2*-1. The molecule has 5 nitrogen and oxygen atoms in total. The van der Waals surface area contributed by atoms with Crippen LogP contribution in [0.5, 0.6) is 5.75 Å². The number of phosphoric ester groups is 1. The summed E-state index contributed by atoms with van der Waals surface area (Å²) < 4.78 is 15.3. The van der Waals surface area contributed by atoms with Gasteiger partial charge in [0.1, 0.15) is 5.75 Å². The van der Waals surface area contributed by atoms with Gasteiger partial charge in [0, 0.05) is 5.39 Å². The molecule has 0 aliphatic carbocycles. The Hall–Kier alpha value is 0.610. The smallest absolute Gasteiger partial charge is 1.00 e. The Morgan fingerprint density at radius 3 is 2.17 bits per heavy atom. The van der Waals surface area contributed by atoms with Crippen molar-refractivity contribution < 1.29 is 86.3 Å². The molecule has 0 fully saturated rings. The van der Waals surface area contributed by atoms with E-state index in [4.69, 9.17) is 9.79 Å². The third-order valence-corrected chi connectivity index (χ3v) is 2.40. The minimum absolute atomic E-state index is 0. The Morgan fingerprint density at radius 1 is 1.00 bits per heavy atom. The van der Waals surface area contributed by atoms with Gasteiger partial charge in [0.15, 0.2) is 0 Å². The first-order valence-corrected chi connectivity index (χ1v) is 5.82. The fourth-order valence-corrected chi connectivity index (χ4v) is 1.82. The molecule has 0 aliphatic rings. The van der Waals surface area contributed by atoms with Crippen LogP contribution in [0.15, 0.2) is 42.5 Å². The third kappa shape index (κ3) is 5.72. The summed E-state index contributed by atoms with van der Waals surface area (Å²) in [6.07, 6.45) is 0. The van der Waals surface area contributed by atoms with Crippen molar-refractivity contribution in [1.29, 1.82) is 0 Å². The normalized spacial score (nSPS) is 9.67. The van der Waals surface area contributed by atoms with Gasteiger partial charge in [-0.3, -0.25) is 9.79 Å². The Labute approximate surface area is 152 Å². The zero-order chi connectivity index (χ0) is 10.9. The molecule has 2 aromatic rings. The molecule has 0 bridgehead atoms. The Kier molecular flexibility index (Phi) is 10.1. The minimum atomic E-state index is -4.49. The molecule has 8 heteroatoms. The SMILES string of the molecule is O.O=P(O)(O)Oc1cccc2ccccc12.[H-].[H-].[Na+].[Na+]. The van der Waals surface area contributed by atoms with E-state index in [1.807, 2.05) is 18.2 Å². The van der Waals surface area contributed by atoms with Crippen molar-refractivity contribution in [3.63, 3.8) is 0 Å². The number of hydrogen-bond acceptors (Lipinski definition) is 2. The van der Waals surface area contributed by atoms with Gasteiger partial charge in [0.05, 0.1) is 0 Å². The molecule has 0 radical (unpaired) electrons. The fourth-order valence-electron chi connectivity index (χ4n) is 1.40. The van der Waals surface area contributed by atoms with Gasteiger partial charge in [0.25, 0.3) is 0 Å². The second kappa shape index (κ2) is 8.72. The average molecular weight is 290 g/mol. The number of rotatable bonds is 2. The predicted octanol–water partition coefficient (Wildman–Crippen LogP) is -4.28. The summed E-state index contributed by atoms with van der Waals surface area (Å²) in [5.74, 6) is 0.196. The largest absolute Gasteiger partial charge is 1.00 e. The van der Waals surface area contributed by atoms with Crippen LogP contribution in [-0.4, -0.2) is 15.3 Å². The first-order chi connectivity index (χ1) is 7.06. The van der Waals surface area contributed by atoms with E-state index in [0.717, 1.165) is 5.39 Å². The van der Waals surface area contributed by atoms with Crippen LogP contribution in [0.1, 0.15) is 2.85 Å². The summed E-state index contributed by atoms with van der Waals surface area (Å²) in [5, 5.41) is 1.56. The maximum atomic E-state index is 10.7. The van der Waals surface area contributed by atoms with Crippen molar-refractivity contribution in [3.8, 4) is 5.75 Å². The van der Waals surface area contributed by atoms with Crippen molar-refractivity contribution in [2.24, 2.45) is 0 Å². The molecule has 2 aromatic carbocycles. The Balaban J connectivity index is -0.000000256. The van der Waals surface area contributed by atoms with E-state index in [2.05, 4.69) is 4.52 Å². The van der Waals surface area contributed by atoms with Crippen LogP contribution >= 0.6 is 7.82 Å². The molecule has 0 atom stereocenters. The number of hydrogen-bond donors (Lipinski definition) is 2. The second-order valence-corrected chi connectivity index (χ2v) is 4.22. The predicted molar refractivity (Wildman–Crippen MR) is 62.5 cm³/mol. The maximum Gasteiger partial charge on any atom is 1.00 e. The number of benzene rings is 2. The first-order valence-electron chi connectivity index (χ1n) is 4.29. The van der Waals surface area contributed by atoms with E-state index in [0.29, 0.717) is 5.39 Å². The van der Waals surface area contributed by atoms with Crippen LogP contribution in [0.2, 0.25) is 0 Å². The van der Waals surface area contributed by atoms with Gasteiger partial charge in [-0.25, -0.2) is 4.57 Å². The van der Waals surface area contributed by atoms with Crippen LogP contribution in [-0.2, 0) is 4.57 Å². The van der Waals surface area contributed by atoms with Crippen molar-refractivity contribution in [2.75, 3.05) is 0 Å². The summed E-state index contributed by atoms with van der Waals surface area (Å²) in [4.78, 5) is 17.4. The Morgan fingerprint density at radius 2 is 1.56 bits per heavy atom. The molecule has 2 rings (SSSR count). The quantitative estimate of drug-likeness (QED) is 0.432. The van der Waals surface area contributed by atoms with Crippen LogP contribution in [0.3, 0.4) is 0 Å². The molecule has 0 heterocycles. The fraction of sp³-hybridized carbons (Fsp3) is 0. The van der Waals surface area contributed by atoms with E-state index < -0.39 is 7.82 Å². The number of fused-ring (bicyclic) bond motifs is 1. The summed E-state index contributed by atoms with van der Waals surface area (Å²) in [6.45, 7) is 0. The third-order valence-electron chi connectivity index (χ3n) is 1.97. The molecule has 0 amide bonds. The van der Waals surface area contributed by atoms with Crippen molar-refractivity contribution in [1.82, 2.24) is 0 Å². The molecule has 0 unspecified atom stereocenters. The van der Waals surface area contributed by atoms with Gasteiger partial charge in [-0.1, -0.05) is 36.4 Å². The van der Waals surface area contributed by atoms with Crippen LogP contribution < -0.4 is 63.6 Å². The molecule has 0 saturated carbocycles. The molecular formula is C10H13Na2O5P. The summed E-state index contributed by atoms with van der Waals surface area (Å²) in [5.41, 5.74) is 0. The molecule has 0 aliphatic heterocycles. The van der Waals surface area contributed by atoms with Gasteiger partial charge < -0.3 is 12.9 Å². The van der Waals surface area contributed by atoms with Gasteiger partial charge in [-0.15, -0.1) is 0 Å². The molecule has 0 saturated heterocycles. The Bertz CT molecular complexity index is 547. The van der Waals surface area contributed by atoms with Crippen LogP contribution in [0.4, 0.5) is 0 Å². The van der Waals surface area contributed by atoms with Gasteiger partial charge in [-0.05, 0) is 11.5 Å². The van der Waals surface area contributed by atoms with E-state index in [-0.39, 0.29) is 73.2 Å². The van der Waals surface area contributed by atoms with E-state index in [1.165, 1.54) is 6.07 Å². The van der Waals surface area contributed by atoms with Crippen molar-refractivity contribution >= 4 is 18.6 Å². The first kappa shape index (κ1) is 20.9. The zero-order valence-electron chi connectivity index (χ0n) is 12.2. The van der Waals surface area contributed by atoms with E-state index >= 15 is 0 Å². The van der Waals surface area contributed by atoms with Crippen LogP contribution in [0.25, 0.3) is 10.8 Å². The van der Waals surface area contributed by atoms with E-state index in [9.17, 15) is 4.57 Å². The summed E-state index contributed by atoms with van der Waals surface area (Å²) in [6, 6.07) is 12.3. The molecular weight excluding hydrogens is 277 g/mol. The summed E-state index contributed by atoms with van der Waals surface area (Å²) >= 11 is 0. The molecule has 4 N–H and O–H groups in total. The van der Waals surface area contributed by atoms with Crippen molar-refractivity contribution in [2.45, 2.75) is 0 Å². The van der Waals surface area contributed by atoms with Gasteiger partial charge >= 0.3 is 66.9 Å². The topological polar surface area (TPSA) is 98.3 Å². The van der Waals surface area contributed by atoms with Crippen molar-refractivity contribution in [3.05, 3.63) is 42.5 Å².